The minimum Gasteiger partial charge on any atom is -0.176 e. The molecule has 1 nitrogen and oxygen atoms in total. The molecule has 0 radical (unpaired) electrons. The molecule has 0 aromatic rings. The van der Waals surface area contributed by atoms with Crippen molar-refractivity contribution in [3.8, 4) is 0 Å². The second kappa shape index (κ2) is 4.32. The molecule has 1 atom stereocenters. The molecule has 0 rings (SSSR count). The van der Waals surface area contributed by atoms with Crippen molar-refractivity contribution in [3.63, 3.8) is 0 Å². The predicted molar refractivity (Wildman–Crippen MR) is 21.0 cm³/mol. The molecule has 0 spiro atoms. The summed E-state index contributed by atoms with van der Waals surface area (Å²) in [5, 5.41) is 0. The quantitative estimate of drug-likeness (QED) is 0.473. The maximum atomic E-state index is 10.5. The van der Waals surface area contributed by atoms with Crippen LogP contribution in [0.15, 0.2) is 0 Å². The van der Waals surface area contributed by atoms with E-state index < -0.39 is 0 Å². The van der Waals surface area contributed by atoms with Gasteiger partial charge in [-0.1, -0.05) is 6.92 Å². The van der Waals surface area contributed by atoms with E-state index in [0.29, 0.717) is 0 Å². The summed E-state index contributed by atoms with van der Waals surface area (Å²) < 4.78 is 13.7. The topological polar surface area (TPSA) is 9.23 Å². The van der Waals surface area contributed by atoms with E-state index in [4.69, 9.17) is 0 Å². The van der Waals surface area contributed by atoms with Crippen LogP contribution in [-0.2, 0) is 4.73 Å². The summed E-state index contributed by atoms with van der Waals surface area (Å²) in [5.74, 6) is 0. The Morgan fingerprint density at radius 3 is 2.60 bits per heavy atom. The van der Waals surface area contributed by atoms with Crippen LogP contribution in [0.1, 0.15) is 6.92 Å². The molecule has 0 aliphatic carbocycles. The largest absolute Gasteiger partial charge is 0.176 e. The molecule has 3 heteroatoms. The van der Waals surface area contributed by atoms with E-state index >= 15 is 0 Å². The van der Waals surface area contributed by atoms with Gasteiger partial charge in [-0.15, -0.1) is 0 Å². The van der Waals surface area contributed by atoms with Gasteiger partial charge in [-0.05, 0) is 10.7 Å². The molecule has 0 N–H and O–H groups in total. The van der Waals surface area contributed by atoms with Gasteiger partial charge in [0.1, 0.15) is 0 Å². The molecule has 0 saturated carbocycles. The predicted octanol–water partition coefficient (Wildman–Crippen LogP) is 1.50. The molecule has 32 valence electrons. The van der Waals surface area contributed by atoms with Gasteiger partial charge in [0, 0.05) is 0 Å². The summed E-state index contributed by atoms with van der Waals surface area (Å²) >= 11 is 0. The Bertz CT molecular complexity index is 17.1. The zero-order chi connectivity index (χ0) is 4.12. The molecule has 0 aliphatic rings. The van der Waals surface area contributed by atoms with Gasteiger partial charge in [0.15, 0.2) is 0 Å². The molecule has 0 aliphatic heterocycles. The number of rotatable bonds is 2. The van der Waals surface area contributed by atoms with Crippen molar-refractivity contribution >= 4 is 8.81 Å². The van der Waals surface area contributed by atoms with Gasteiger partial charge in [0.2, 0.25) is 0 Å². The van der Waals surface area contributed by atoms with Crippen LogP contribution in [0.4, 0.5) is 4.53 Å². The number of hydrogen-bond donors (Lipinski definition) is 0. The van der Waals surface area contributed by atoms with Gasteiger partial charge in [0.05, 0.1) is 8.81 Å². The molecule has 0 heterocycles. The molecule has 0 amide bonds. The summed E-state index contributed by atoms with van der Waals surface area (Å²) in [7, 11) is 0.0309. The summed E-state index contributed by atoms with van der Waals surface area (Å²) in [4.78, 5) is 0. The number of hydrogen-bond acceptors (Lipinski definition) is 1. The Labute approximate surface area is 32.3 Å². The maximum absolute atomic E-state index is 10.5. The van der Waals surface area contributed by atoms with Crippen molar-refractivity contribution in [2.75, 3.05) is 6.16 Å². The van der Waals surface area contributed by atoms with Gasteiger partial charge in [-0.25, -0.2) is 0 Å². The molecule has 5 heavy (non-hydrogen) atoms. The SMILES string of the molecule is CCPOF. The second-order valence-electron chi connectivity index (χ2n) is 0.575. The monoisotopic (exact) mass is 96.0 g/mol. The first-order valence-electron chi connectivity index (χ1n) is 1.42. The number of halogens is 1. The molecule has 0 aromatic heterocycles. The van der Waals surface area contributed by atoms with Crippen LogP contribution in [0.3, 0.4) is 0 Å². The van der Waals surface area contributed by atoms with E-state index in [1.54, 1.807) is 0 Å². The van der Waals surface area contributed by atoms with Crippen LogP contribution in [0, 0.1) is 0 Å². The highest BCUT2D eigenvalue weighted by atomic mass is 31.1. The van der Waals surface area contributed by atoms with E-state index in [1.165, 1.54) is 0 Å². The lowest BCUT2D eigenvalue weighted by Gasteiger charge is -1.77. The van der Waals surface area contributed by atoms with Crippen LogP contribution in [-0.4, -0.2) is 6.16 Å². The Hall–Kier alpha value is 0.320. The first kappa shape index (κ1) is 5.32. The Morgan fingerprint density at radius 1 is 2.00 bits per heavy atom. The lowest BCUT2D eigenvalue weighted by atomic mass is 11.0. The van der Waals surface area contributed by atoms with Crippen molar-refractivity contribution in [1.82, 2.24) is 0 Å². The molecule has 0 aromatic carbocycles. The van der Waals surface area contributed by atoms with Gasteiger partial charge >= 0.3 is 0 Å². The highest BCUT2D eigenvalue weighted by molar-refractivity contribution is 7.31. The average molecular weight is 96.0 g/mol. The van der Waals surface area contributed by atoms with E-state index in [9.17, 15) is 4.53 Å². The fourth-order valence-electron chi connectivity index (χ4n) is 0.0546. The van der Waals surface area contributed by atoms with Crippen LogP contribution in [0.2, 0.25) is 0 Å². The van der Waals surface area contributed by atoms with Crippen LogP contribution >= 0.6 is 8.81 Å². The summed E-state index contributed by atoms with van der Waals surface area (Å²) in [5.41, 5.74) is 0. The van der Waals surface area contributed by atoms with Crippen molar-refractivity contribution in [2.45, 2.75) is 6.92 Å². The second-order valence-corrected chi connectivity index (χ2v) is 1.73. The molecular formula is C2H6FOP. The van der Waals surface area contributed by atoms with Crippen LogP contribution < -0.4 is 0 Å². The first-order valence-corrected chi connectivity index (χ1v) is 2.53. The molecular weight excluding hydrogens is 90.0 g/mol. The minimum absolute atomic E-state index is 0.0309. The fraction of sp³-hybridized carbons (Fsp3) is 1.00. The standard InChI is InChI=1S/C2H6FOP/c1-2-5-4-3/h5H,2H2,1H3. The van der Waals surface area contributed by atoms with E-state index in [1.807, 2.05) is 6.92 Å². The third-order valence-electron chi connectivity index (χ3n) is 0.199. The molecule has 0 fully saturated rings. The molecule has 1 unspecified atom stereocenters. The Kier molecular flexibility index (Phi) is 4.60. The summed E-state index contributed by atoms with van der Waals surface area (Å²) in [6.45, 7) is 1.86. The maximum Gasteiger partial charge on any atom is 0.0623 e. The van der Waals surface area contributed by atoms with E-state index in [0.717, 1.165) is 6.16 Å². The summed E-state index contributed by atoms with van der Waals surface area (Å²) in [6.07, 6.45) is 0.774. The lowest BCUT2D eigenvalue weighted by Crippen LogP contribution is -1.54. The fourth-order valence-corrected chi connectivity index (χ4v) is 0.164. The first-order chi connectivity index (χ1) is 2.41. The van der Waals surface area contributed by atoms with Crippen molar-refractivity contribution in [3.05, 3.63) is 0 Å². The van der Waals surface area contributed by atoms with Crippen molar-refractivity contribution < 1.29 is 9.25 Å². The smallest absolute Gasteiger partial charge is 0.0623 e. The van der Waals surface area contributed by atoms with Gasteiger partial charge < -0.3 is 0 Å². The highest BCUT2D eigenvalue weighted by Crippen LogP contribution is 2.08. The van der Waals surface area contributed by atoms with Crippen LogP contribution in [0.25, 0.3) is 0 Å². The van der Waals surface area contributed by atoms with Gasteiger partial charge in [0.25, 0.3) is 0 Å². The van der Waals surface area contributed by atoms with Gasteiger partial charge in [-0.3, -0.25) is 0 Å². The third-order valence-corrected chi connectivity index (χ3v) is 0.597. The lowest BCUT2D eigenvalue weighted by molar-refractivity contribution is 0.0155. The molecule has 0 bridgehead atoms. The van der Waals surface area contributed by atoms with E-state index in [2.05, 4.69) is 4.73 Å². The van der Waals surface area contributed by atoms with Crippen molar-refractivity contribution in [2.24, 2.45) is 0 Å². The van der Waals surface area contributed by atoms with Crippen molar-refractivity contribution in [1.29, 1.82) is 0 Å². The Balaban J connectivity index is 2.19. The molecule has 0 saturated heterocycles. The zero-order valence-corrected chi connectivity index (χ0v) is 3.99. The van der Waals surface area contributed by atoms with Crippen LogP contribution in [0.5, 0.6) is 0 Å². The third kappa shape index (κ3) is 4.32. The highest BCUT2D eigenvalue weighted by Gasteiger charge is 1.70. The normalized spacial score (nSPS) is 10.8. The summed E-state index contributed by atoms with van der Waals surface area (Å²) in [6, 6.07) is 0. The zero-order valence-electron chi connectivity index (χ0n) is 2.99. The average Bonchev–Trinajstić information content (AvgIpc) is 1.41. The minimum atomic E-state index is 0.0309. The van der Waals surface area contributed by atoms with Gasteiger partial charge in [-0.2, -0.15) is 4.73 Å². The van der Waals surface area contributed by atoms with E-state index in [-0.39, 0.29) is 8.81 Å². The Morgan fingerprint density at radius 2 is 2.60 bits per heavy atom.